The number of aromatic nitrogens is 2. The van der Waals surface area contributed by atoms with Gasteiger partial charge in [0.25, 0.3) is 5.91 Å². The summed E-state index contributed by atoms with van der Waals surface area (Å²) in [5.74, 6) is 1.22. The topological polar surface area (TPSA) is 120 Å². The third kappa shape index (κ3) is 7.92. The van der Waals surface area contributed by atoms with Gasteiger partial charge in [0.15, 0.2) is 0 Å². The summed E-state index contributed by atoms with van der Waals surface area (Å²) in [5.41, 5.74) is 2.87. The summed E-state index contributed by atoms with van der Waals surface area (Å²) < 4.78 is 5.90. The van der Waals surface area contributed by atoms with Gasteiger partial charge in [0, 0.05) is 69.0 Å². The number of carbonyl (C=O) groups is 2. The normalized spacial score (nSPS) is 20.0. The van der Waals surface area contributed by atoms with Crippen molar-refractivity contribution in [3.05, 3.63) is 54.2 Å². The SMILES string of the molecule is CN1CCN(CCOc2ccc(-c3cc(C(=O)NCC4CCC(CNC(=O)O)CC4)c4ccccc4n3)cn2)CC1. The van der Waals surface area contributed by atoms with E-state index in [1.165, 1.54) is 0 Å². The molecule has 0 radical (unpaired) electrons. The number of carboxylic acid groups (broad SMARTS) is 1. The molecule has 10 nitrogen and oxygen atoms in total. The molecule has 218 valence electrons. The molecule has 2 aliphatic rings. The highest BCUT2D eigenvalue weighted by atomic mass is 16.5. The van der Waals surface area contributed by atoms with E-state index in [0.717, 1.165) is 74.9 Å². The van der Waals surface area contributed by atoms with Crippen molar-refractivity contribution in [2.24, 2.45) is 11.8 Å². The Balaban J connectivity index is 1.19. The number of para-hydroxylation sites is 1. The summed E-state index contributed by atoms with van der Waals surface area (Å²) in [6.07, 6.45) is 4.66. The van der Waals surface area contributed by atoms with Crippen LogP contribution < -0.4 is 15.4 Å². The molecule has 0 unspecified atom stereocenters. The number of ether oxygens (including phenoxy) is 1. The predicted molar refractivity (Wildman–Crippen MR) is 158 cm³/mol. The predicted octanol–water partition coefficient (Wildman–Crippen LogP) is 3.73. The van der Waals surface area contributed by atoms with E-state index in [0.29, 0.717) is 48.7 Å². The lowest BCUT2D eigenvalue weighted by Gasteiger charge is -2.32. The van der Waals surface area contributed by atoms with Crippen molar-refractivity contribution in [1.82, 2.24) is 30.4 Å². The van der Waals surface area contributed by atoms with E-state index in [1.807, 2.05) is 42.5 Å². The molecular weight excluding hydrogens is 520 g/mol. The summed E-state index contributed by atoms with van der Waals surface area (Å²) >= 11 is 0. The largest absolute Gasteiger partial charge is 0.476 e. The number of benzene rings is 1. The van der Waals surface area contributed by atoms with Gasteiger partial charge in [-0.3, -0.25) is 9.69 Å². The van der Waals surface area contributed by atoms with Gasteiger partial charge in [-0.25, -0.2) is 14.8 Å². The smallest absolute Gasteiger partial charge is 0.404 e. The van der Waals surface area contributed by atoms with E-state index in [-0.39, 0.29) is 5.91 Å². The molecule has 41 heavy (non-hydrogen) atoms. The van der Waals surface area contributed by atoms with Gasteiger partial charge in [-0.05, 0) is 62.8 Å². The Kier molecular flexibility index (Phi) is 9.63. The number of hydrogen-bond acceptors (Lipinski definition) is 7. The Morgan fingerprint density at radius 1 is 0.976 bits per heavy atom. The zero-order chi connectivity index (χ0) is 28.6. The van der Waals surface area contributed by atoms with Gasteiger partial charge in [-0.15, -0.1) is 0 Å². The second-order valence-corrected chi connectivity index (χ2v) is 11.2. The number of amides is 2. The zero-order valence-electron chi connectivity index (χ0n) is 23.7. The first kappa shape index (κ1) is 28.8. The summed E-state index contributed by atoms with van der Waals surface area (Å²) in [5, 5.41) is 15.3. The molecule has 3 heterocycles. The first-order valence-corrected chi connectivity index (χ1v) is 14.6. The van der Waals surface area contributed by atoms with Crippen LogP contribution in [0.5, 0.6) is 5.88 Å². The molecule has 0 spiro atoms. The third-order valence-corrected chi connectivity index (χ3v) is 8.31. The second kappa shape index (κ2) is 13.7. The first-order chi connectivity index (χ1) is 19.9. The van der Waals surface area contributed by atoms with Crippen molar-refractivity contribution in [2.75, 3.05) is 59.5 Å². The van der Waals surface area contributed by atoms with Crippen LogP contribution in [0.4, 0.5) is 4.79 Å². The lowest BCUT2D eigenvalue weighted by Crippen LogP contribution is -2.45. The van der Waals surface area contributed by atoms with Crippen LogP contribution in [0.25, 0.3) is 22.2 Å². The van der Waals surface area contributed by atoms with Crippen molar-refractivity contribution in [2.45, 2.75) is 25.7 Å². The molecule has 1 saturated carbocycles. The second-order valence-electron chi connectivity index (χ2n) is 11.2. The number of piperazine rings is 1. The van der Waals surface area contributed by atoms with Crippen molar-refractivity contribution in [3.8, 4) is 17.1 Å². The highest BCUT2D eigenvalue weighted by Crippen LogP contribution is 2.29. The number of carbonyl (C=O) groups excluding carboxylic acids is 1. The molecule has 5 rings (SSSR count). The number of likely N-dealkylation sites (N-methyl/N-ethyl adjacent to an activating group) is 1. The van der Waals surface area contributed by atoms with Crippen LogP contribution in [0.3, 0.4) is 0 Å². The minimum Gasteiger partial charge on any atom is -0.476 e. The maximum Gasteiger partial charge on any atom is 0.404 e. The molecule has 0 atom stereocenters. The van der Waals surface area contributed by atoms with Crippen LogP contribution in [0.15, 0.2) is 48.7 Å². The molecule has 1 aliphatic heterocycles. The third-order valence-electron chi connectivity index (χ3n) is 8.31. The molecule has 2 aromatic heterocycles. The summed E-state index contributed by atoms with van der Waals surface area (Å²) in [7, 11) is 2.15. The Hall–Kier alpha value is -3.76. The van der Waals surface area contributed by atoms with Gasteiger partial charge < -0.3 is 25.4 Å². The van der Waals surface area contributed by atoms with Crippen molar-refractivity contribution in [1.29, 1.82) is 0 Å². The minimum atomic E-state index is -0.972. The van der Waals surface area contributed by atoms with Crippen LogP contribution in [-0.2, 0) is 0 Å². The molecule has 10 heteroatoms. The molecular formula is C31H40N6O4. The fraction of sp³-hybridized carbons (Fsp3) is 0.484. The number of rotatable bonds is 10. The molecule has 2 amide bonds. The van der Waals surface area contributed by atoms with Gasteiger partial charge in [-0.2, -0.15) is 0 Å². The highest BCUT2D eigenvalue weighted by Gasteiger charge is 2.23. The van der Waals surface area contributed by atoms with Gasteiger partial charge in [0.1, 0.15) is 6.61 Å². The Labute approximate surface area is 241 Å². The number of pyridine rings is 2. The summed E-state index contributed by atoms with van der Waals surface area (Å²) in [6.45, 7) is 6.86. The molecule has 1 aromatic carbocycles. The minimum absolute atomic E-state index is 0.115. The van der Waals surface area contributed by atoms with E-state index in [4.69, 9.17) is 14.8 Å². The molecule has 0 bridgehead atoms. The number of nitrogens with one attached hydrogen (secondary N) is 2. The van der Waals surface area contributed by atoms with Crippen molar-refractivity contribution < 1.29 is 19.4 Å². The van der Waals surface area contributed by atoms with E-state index < -0.39 is 6.09 Å². The van der Waals surface area contributed by atoms with Crippen LogP contribution in [0, 0.1) is 11.8 Å². The highest BCUT2D eigenvalue weighted by molar-refractivity contribution is 6.07. The number of hydrogen-bond donors (Lipinski definition) is 3. The lowest BCUT2D eigenvalue weighted by molar-refractivity contribution is 0.0942. The van der Waals surface area contributed by atoms with E-state index in [9.17, 15) is 9.59 Å². The fourth-order valence-corrected chi connectivity index (χ4v) is 5.68. The maximum absolute atomic E-state index is 13.4. The van der Waals surface area contributed by atoms with Gasteiger partial charge >= 0.3 is 6.09 Å². The van der Waals surface area contributed by atoms with E-state index >= 15 is 0 Å². The van der Waals surface area contributed by atoms with Crippen LogP contribution in [0.2, 0.25) is 0 Å². The number of fused-ring (bicyclic) bond motifs is 1. The standard InChI is InChI=1S/C31H40N6O4/c1-36-12-14-37(15-13-36)16-17-41-29-11-10-24(21-32-29)28-18-26(25-4-2-3-5-27(25)35-28)30(38)33-19-22-6-8-23(9-7-22)20-34-31(39)40/h2-5,10-11,18,21-23,34H,6-9,12-17,19-20H2,1H3,(H,33,38)(H,39,40). The quantitative estimate of drug-likeness (QED) is 0.343. The monoisotopic (exact) mass is 560 g/mol. The van der Waals surface area contributed by atoms with Crippen molar-refractivity contribution in [3.63, 3.8) is 0 Å². The van der Waals surface area contributed by atoms with Crippen LogP contribution in [0.1, 0.15) is 36.0 Å². The van der Waals surface area contributed by atoms with Crippen LogP contribution >= 0.6 is 0 Å². The lowest BCUT2D eigenvalue weighted by atomic mass is 9.82. The van der Waals surface area contributed by atoms with Gasteiger partial charge in [0.05, 0.1) is 16.8 Å². The van der Waals surface area contributed by atoms with Crippen LogP contribution in [-0.4, -0.2) is 96.3 Å². The van der Waals surface area contributed by atoms with Gasteiger partial charge in [0.2, 0.25) is 5.88 Å². The number of nitrogens with zero attached hydrogens (tertiary/aromatic N) is 4. The zero-order valence-corrected chi connectivity index (χ0v) is 23.7. The molecule has 2 fully saturated rings. The van der Waals surface area contributed by atoms with Gasteiger partial charge in [-0.1, -0.05) is 18.2 Å². The average Bonchev–Trinajstić information content (AvgIpc) is 3.00. The molecule has 1 saturated heterocycles. The molecule has 3 aromatic rings. The summed E-state index contributed by atoms with van der Waals surface area (Å²) in [4.78, 5) is 38.2. The van der Waals surface area contributed by atoms with E-state index in [1.54, 1.807) is 6.20 Å². The fourth-order valence-electron chi connectivity index (χ4n) is 5.68. The first-order valence-electron chi connectivity index (χ1n) is 14.6. The average molecular weight is 561 g/mol. The Morgan fingerprint density at radius 2 is 1.68 bits per heavy atom. The molecule has 1 aliphatic carbocycles. The Morgan fingerprint density at radius 3 is 2.37 bits per heavy atom. The van der Waals surface area contributed by atoms with E-state index in [2.05, 4.69) is 32.5 Å². The van der Waals surface area contributed by atoms with Crippen molar-refractivity contribution >= 4 is 22.9 Å². The molecule has 3 N–H and O–H groups in total. The Bertz CT molecular complexity index is 1320. The maximum atomic E-state index is 13.4. The summed E-state index contributed by atoms with van der Waals surface area (Å²) in [6, 6.07) is 13.3.